The maximum atomic E-state index is 12.7. The Hall–Kier alpha value is -2.87. The molecule has 4 rings (SSSR count). The Labute approximate surface area is 239 Å². The zero-order chi connectivity index (χ0) is 31.7. The standard InChI is InChI=1S/C19H24N5O16P3/c20-19-21-17-16(18(26)22-19)11(8-36-7-10-3-1-2-4-12(10)24(27)28)6-23(17)15-5-13(25)14(38-15)9-37-42(32,33)40-43(34,35)39-41(29,30)31/h1-4,6,13-15,25H,5,7-9H2,(H,32,33)(H,34,35)(H2,29,30,31)(H3,20,21,22,26)/t13-,14-,15-/m1/s1. The Morgan fingerprint density at radius 1 is 1.12 bits per heavy atom. The van der Waals surface area contributed by atoms with Gasteiger partial charge in [-0.1, -0.05) is 12.1 Å². The number of aromatic nitrogens is 3. The van der Waals surface area contributed by atoms with Crippen molar-refractivity contribution in [1.29, 1.82) is 0 Å². The molecule has 43 heavy (non-hydrogen) atoms. The highest BCUT2D eigenvalue weighted by molar-refractivity contribution is 7.66. The highest BCUT2D eigenvalue weighted by Crippen LogP contribution is 2.66. The van der Waals surface area contributed by atoms with Crippen LogP contribution >= 0.6 is 23.5 Å². The first kappa shape index (κ1) is 33.0. The van der Waals surface area contributed by atoms with Gasteiger partial charge in [0.15, 0.2) is 5.65 Å². The lowest BCUT2D eigenvalue weighted by Gasteiger charge is -2.19. The van der Waals surface area contributed by atoms with Crippen LogP contribution in [0.2, 0.25) is 0 Å². The number of aliphatic hydroxyl groups is 1. The molecule has 0 spiro atoms. The molecule has 21 nitrogen and oxygen atoms in total. The lowest BCUT2D eigenvalue weighted by Crippen LogP contribution is -2.26. The Morgan fingerprint density at radius 2 is 1.79 bits per heavy atom. The smallest absolute Gasteiger partial charge is 0.390 e. The fourth-order valence-electron chi connectivity index (χ4n) is 4.17. The van der Waals surface area contributed by atoms with Crippen molar-refractivity contribution < 1.29 is 65.9 Å². The summed E-state index contributed by atoms with van der Waals surface area (Å²) in [7, 11) is -16.8. The maximum absolute atomic E-state index is 12.7. The molecule has 1 saturated heterocycles. The fourth-order valence-corrected chi connectivity index (χ4v) is 7.20. The van der Waals surface area contributed by atoms with Gasteiger partial charge < -0.3 is 44.5 Å². The highest BCUT2D eigenvalue weighted by atomic mass is 31.3. The van der Waals surface area contributed by atoms with Gasteiger partial charge in [0.25, 0.3) is 11.2 Å². The zero-order valence-corrected chi connectivity index (χ0v) is 24.1. The summed E-state index contributed by atoms with van der Waals surface area (Å²) in [5.41, 5.74) is 5.47. The number of ether oxygens (including phenoxy) is 2. The van der Waals surface area contributed by atoms with Gasteiger partial charge in [0.05, 0.1) is 41.8 Å². The van der Waals surface area contributed by atoms with Crippen LogP contribution < -0.4 is 11.3 Å². The molecule has 1 aliphatic heterocycles. The topological polar surface area (TPSA) is 318 Å². The third kappa shape index (κ3) is 8.40. The average Bonchev–Trinajstić information content (AvgIpc) is 3.40. The van der Waals surface area contributed by atoms with E-state index in [4.69, 9.17) is 25.0 Å². The molecule has 3 heterocycles. The molecule has 0 amide bonds. The molecule has 2 aromatic heterocycles. The van der Waals surface area contributed by atoms with E-state index in [0.717, 1.165) is 0 Å². The number of nitrogens with one attached hydrogen (secondary N) is 1. The second kappa shape index (κ2) is 12.6. The van der Waals surface area contributed by atoms with E-state index in [1.165, 1.54) is 29.0 Å². The number of rotatable bonds is 13. The third-order valence-electron chi connectivity index (χ3n) is 5.81. The van der Waals surface area contributed by atoms with Crippen LogP contribution in [0, 0.1) is 10.1 Å². The van der Waals surface area contributed by atoms with Gasteiger partial charge >= 0.3 is 23.5 Å². The summed E-state index contributed by atoms with van der Waals surface area (Å²) in [5, 5.41) is 21.8. The van der Waals surface area contributed by atoms with Gasteiger partial charge in [-0.2, -0.15) is 13.6 Å². The van der Waals surface area contributed by atoms with E-state index in [1.807, 2.05) is 0 Å². The molecule has 1 aliphatic rings. The number of para-hydroxylation sites is 1. The second-order valence-electron chi connectivity index (χ2n) is 8.91. The van der Waals surface area contributed by atoms with Crippen LogP contribution in [0.5, 0.6) is 0 Å². The van der Waals surface area contributed by atoms with E-state index in [-0.39, 0.29) is 53.4 Å². The molecule has 0 aliphatic carbocycles. The summed E-state index contributed by atoms with van der Waals surface area (Å²) < 4.78 is 58.8. The number of aromatic amines is 1. The summed E-state index contributed by atoms with van der Waals surface area (Å²) in [4.78, 5) is 66.1. The number of nitrogens with zero attached hydrogens (tertiary/aromatic N) is 3. The van der Waals surface area contributed by atoms with Crippen molar-refractivity contribution in [2.45, 2.75) is 38.1 Å². The molecule has 1 aromatic carbocycles. The zero-order valence-electron chi connectivity index (χ0n) is 21.4. The first-order valence-corrected chi connectivity index (χ1v) is 16.3. The van der Waals surface area contributed by atoms with Crippen molar-refractivity contribution in [3.8, 4) is 0 Å². The molecule has 236 valence electrons. The number of aliphatic hydroxyl groups excluding tert-OH is 1. The van der Waals surface area contributed by atoms with Crippen LogP contribution in [0.3, 0.4) is 0 Å². The fraction of sp³-hybridized carbons (Fsp3) is 0.368. The first-order chi connectivity index (χ1) is 19.9. The monoisotopic (exact) mass is 671 g/mol. The summed E-state index contributed by atoms with van der Waals surface area (Å²) in [5.74, 6) is -0.257. The van der Waals surface area contributed by atoms with Crippen LogP contribution in [0.15, 0.2) is 35.3 Å². The third-order valence-corrected chi connectivity index (χ3v) is 9.62. The van der Waals surface area contributed by atoms with Crippen LogP contribution in [0.25, 0.3) is 11.0 Å². The van der Waals surface area contributed by atoms with E-state index in [9.17, 15) is 43.5 Å². The largest absolute Gasteiger partial charge is 0.490 e. The molecule has 8 N–H and O–H groups in total. The van der Waals surface area contributed by atoms with Gasteiger partial charge in [-0.15, -0.1) is 0 Å². The van der Waals surface area contributed by atoms with E-state index in [2.05, 4.69) is 23.1 Å². The molecule has 0 radical (unpaired) electrons. The number of benzene rings is 1. The van der Waals surface area contributed by atoms with Crippen molar-refractivity contribution in [3.05, 3.63) is 62.1 Å². The molecule has 24 heteroatoms. The number of fused-ring (bicyclic) bond motifs is 1. The normalized spacial score (nSPS) is 21.9. The van der Waals surface area contributed by atoms with Crippen molar-refractivity contribution in [3.63, 3.8) is 0 Å². The van der Waals surface area contributed by atoms with Gasteiger partial charge in [0, 0.05) is 24.2 Å². The number of phosphoric acid groups is 3. The molecular weight excluding hydrogens is 647 g/mol. The minimum absolute atomic E-state index is 0.0104. The maximum Gasteiger partial charge on any atom is 0.490 e. The van der Waals surface area contributed by atoms with Crippen molar-refractivity contribution in [2.75, 3.05) is 12.3 Å². The average molecular weight is 671 g/mol. The quantitative estimate of drug-likeness (QED) is 0.0754. The Morgan fingerprint density at radius 3 is 2.47 bits per heavy atom. The van der Waals surface area contributed by atoms with Gasteiger partial charge in [-0.3, -0.25) is 24.4 Å². The van der Waals surface area contributed by atoms with Crippen LogP contribution in [-0.4, -0.2) is 63.0 Å². The highest BCUT2D eigenvalue weighted by Gasteiger charge is 2.43. The predicted octanol–water partition coefficient (Wildman–Crippen LogP) is 0.923. The summed E-state index contributed by atoms with van der Waals surface area (Å²) in [6, 6.07) is 5.91. The van der Waals surface area contributed by atoms with E-state index >= 15 is 0 Å². The van der Waals surface area contributed by atoms with E-state index < -0.39 is 59.0 Å². The Kier molecular flexibility index (Phi) is 9.70. The van der Waals surface area contributed by atoms with Gasteiger partial charge in [-0.05, 0) is 6.07 Å². The molecule has 3 aromatic rings. The number of nitro groups is 1. The predicted molar refractivity (Wildman–Crippen MR) is 141 cm³/mol. The molecule has 0 saturated carbocycles. The second-order valence-corrected chi connectivity index (χ2v) is 13.3. The summed E-state index contributed by atoms with van der Waals surface area (Å²) >= 11 is 0. The summed E-state index contributed by atoms with van der Waals surface area (Å²) in [6.07, 6.45) is -2.56. The van der Waals surface area contributed by atoms with Gasteiger partial charge in [0.2, 0.25) is 5.95 Å². The minimum Gasteiger partial charge on any atom is -0.390 e. The lowest BCUT2D eigenvalue weighted by atomic mass is 10.2. The molecule has 1 fully saturated rings. The Balaban J connectivity index is 1.49. The van der Waals surface area contributed by atoms with Crippen LogP contribution in [0.1, 0.15) is 23.8 Å². The summed E-state index contributed by atoms with van der Waals surface area (Å²) in [6.45, 7) is -1.30. The molecule has 0 bridgehead atoms. The van der Waals surface area contributed by atoms with E-state index in [0.29, 0.717) is 0 Å². The Bertz CT molecular complexity index is 1720. The first-order valence-electron chi connectivity index (χ1n) is 11.8. The number of nitrogen functional groups attached to an aromatic ring is 1. The SMILES string of the molecule is Nc1nc2c(c(COCc3ccccc3[N+](=O)[O-])cn2[C@H]2C[C@@H](O)[C@@H](COP(=O)(O)OP(=O)(O)OP(=O)(O)O)O2)c(=O)[nH]1. The molecule has 2 unspecified atom stereocenters. The number of nitrogens with two attached hydrogens (primary N) is 1. The number of hydrogen-bond donors (Lipinski definition) is 7. The van der Waals surface area contributed by atoms with Crippen LogP contribution in [-0.2, 0) is 49.5 Å². The minimum atomic E-state index is -5.75. The molecular formula is C19H24N5O16P3. The number of hydrogen-bond acceptors (Lipinski definition) is 14. The number of anilines is 1. The van der Waals surface area contributed by atoms with Crippen molar-refractivity contribution in [2.24, 2.45) is 0 Å². The number of phosphoric ester groups is 1. The molecule has 5 atom stereocenters. The number of nitro benzene ring substituents is 1. The van der Waals surface area contributed by atoms with E-state index in [1.54, 1.807) is 6.07 Å². The number of H-pyrrole nitrogens is 1. The van der Waals surface area contributed by atoms with Gasteiger partial charge in [-0.25, -0.2) is 13.7 Å². The lowest BCUT2D eigenvalue weighted by molar-refractivity contribution is -0.386. The van der Waals surface area contributed by atoms with Crippen LogP contribution in [0.4, 0.5) is 11.6 Å². The van der Waals surface area contributed by atoms with Gasteiger partial charge in [0.1, 0.15) is 12.3 Å². The van der Waals surface area contributed by atoms with Crippen molar-refractivity contribution >= 4 is 46.1 Å². The van der Waals surface area contributed by atoms with Crippen molar-refractivity contribution in [1.82, 2.24) is 14.5 Å².